The highest BCUT2D eigenvalue weighted by molar-refractivity contribution is 6.07. The van der Waals surface area contributed by atoms with Crippen molar-refractivity contribution in [2.45, 2.75) is 25.2 Å². The maximum atomic E-state index is 13.1. The first-order valence-corrected chi connectivity index (χ1v) is 8.46. The number of aryl methyl sites for hydroxylation is 1. The number of ether oxygens (including phenoxy) is 2. The van der Waals surface area contributed by atoms with Crippen molar-refractivity contribution in [3.8, 4) is 11.5 Å². The van der Waals surface area contributed by atoms with Crippen molar-refractivity contribution in [2.24, 2.45) is 0 Å². The molecule has 1 aliphatic carbocycles. The molecule has 0 unspecified atom stereocenters. The number of rotatable bonds is 3. The smallest absolute Gasteiger partial charge is 0.235 e. The lowest BCUT2D eigenvalue weighted by Crippen LogP contribution is -2.27. The molecule has 5 nitrogen and oxygen atoms in total. The number of aromatic amines is 1. The standard InChI is InChI=1S/C20H18N2O3.H2/c1-12-10-21-14-3-2-4-15(18(12)14)22-19(23)20(7-8-20)13-5-6-16-17(9-13)25-11-24-16;/h2-6,9-10,21H,7-8,11H2,1H3,(H,22,23);1H. The zero-order chi connectivity index (χ0) is 17.0. The Morgan fingerprint density at radius 2 is 2.04 bits per heavy atom. The average molecular weight is 336 g/mol. The second kappa shape index (κ2) is 5.02. The van der Waals surface area contributed by atoms with Gasteiger partial charge in [-0.25, -0.2) is 0 Å². The number of H-pyrrole nitrogens is 1. The SMILES string of the molecule is Cc1c[nH]c2cccc(NC(=O)C3(c4ccc5c(c4)OCO5)CC3)c12.[HH]. The molecule has 0 atom stereocenters. The first-order valence-electron chi connectivity index (χ1n) is 8.46. The van der Waals surface area contributed by atoms with E-state index >= 15 is 0 Å². The van der Waals surface area contributed by atoms with Crippen molar-refractivity contribution in [1.82, 2.24) is 4.98 Å². The summed E-state index contributed by atoms with van der Waals surface area (Å²) >= 11 is 0. The van der Waals surface area contributed by atoms with Crippen LogP contribution in [0.3, 0.4) is 0 Å². The maximum absolute atomic E-state index is 13.1. The van der Waals surface area contributed by atoms with Gasteiger partial charge in [0.25, 0.3) is 0 Å². The lowest BCUT2D eigenvalue weighted by atomic mass is 9.94. The molecule has 2 heterocycles. The molecule has 0 spiro atoms. The minimum atomic E-state index is -0.465. The third-order valence-corrected chi connectivity index (χ3v) is 5.26. The summed E-state index contributed by atoms with van der Waals surface area (Å²) < 4.78 is 10.8. The van der Waals surface area contributed by atoms with E-state index in [9.17, 15) is 4.79 Å². The molecule has 1 aromatic heterocycles. The topological polar surface area (TPSA) is 63.4 Å². The lowest BCUT2D eigenvalue weighted by Gasteiger charge is -2.17. The molecular formula is C20H20N2O3. The fourth-order valence-corrected chi connectivity index (χ4v) is 3.67. The molecule has 2 aliphatic rings. The number of amides is 1. The monoisotopic (exact) mass is 336 g/mol. The summed E-state index contributed by atoms with van der Waals surface area (Å²) in [6, 6.07) is 11.7. The van der Waals surface area contributed by atoms with E-state index in [-0.39, 0.29) is 14.1 Å². The minimum Gasteiger partial charge on any atom is -0.454 e. The van der Waals surface area contributed by atoms with Gasteiger partial charge >= 0.3 is 0 Å². The summed E-state index contributed by atoms with van der Waals surface area (Å²) in [6.07, 6.45) is 3.66. The fourth-order valence-electron chi connectivity index (χ4n) is 3.67. The van der Waals surface area contributed by atoms with Gasteiger partial charge in [-0.2, -0.15) is 0 Å². The number of hydrogen-bond donors (Lipinski definition) is 2. The van der Waals surface area contributed by atoms with Crippen LogP contribution in [-0.4, -0.2) is 17.7 Å². The highest BCUT2D eigenvalue weighted by Crippen LogP contribution is 2.51. The molecule has 2 aromatic carbocycles. The van der Waals surface area contributed by atoms with E-state index in [1.165, 1.54) is 0 Å². The number of anilines is 1. The van der Waals surface area contributed by atoms with Crippen molar-refractivity contribution in [2.75, 3.05) is 12.1 Å². The molecule has 0 saturated heterocycles. The van der Waals surface area contributed by atoms with Gasteiger partial charge in [0.2, 0.25) is 12.7 Å². The van der Waals surface area contributed by atoms with E-state index in [4.69, 9.17) is 9.47 Å². The minimum absolute atomic E-state index is 0. The molecule has 1 saturated carbocycles. The molecule has 1 fully saturated rings. The van der Waals surface area contributed by atoms with Crippen LogP contribution in [0.5, 0.6) is 11.5 Å². The lowest BCUT2D eigenvalue weighted by molar-refractivity contribution is -0.118. The Morgan fingerprint density at radius 1 is 1.20 bits per heavy atom. The third kappa shape index (κ3) is 2.12. The Labute approximate surface area is 146 Å². The Balaban J connectivity index is 0.00000168. The molecule has 3 aromatic rings. The first kappa shape index (κ1) is 14.4. The summed E-state index contributed by atoms with van der Waals surface area (Å²) in [6.45, 7) is 2.28. The molecule has 2 N–H and O–H groups in total. The largest absolute Gasteiger partial charge is 0.454 e. The van der Waals surface area contributed by atoms with Crippen molar-refractivity contribution in [3.05, 3.63) is 53.7 Å². The van der Waals surface area contributed by atoms with Gasteiger partial charge in [-0.15, -0.1) is 0 Å². The van der Waals surface area contributed by atoms with Gasteiger partial charge in [0.05, 0.1) is 11.1 Å². The Kier molecular flexibility index (Phi) is 2.89. The van der Waals surface area contributed by atoms with Crippen molar-refractivity contribution < 1.29 is 15.7 Å². The van der Waals surface area contributed by atoms with Crippen LogP contribution in [0, 0.1) is 6.92 Å². The van der Waals surface area contributed by atoms with Gasteiger partial charge in [0.1, 0.15) is 0 Å². The number of aromatic nitrogens is 1. The maximum Gasteiger partial charge on any atom is 0.235 e. The highest BCUT2D eigenvalue weighted by atomic mass is 16.7. The van der Waals surface area contributed by atoms with E-state index in [1.54, 1.807) is 0 Å². The van der Waals surface area contributed by atoms with E-state index in [2.05, 4.69) is 10.3 Å². The van der Waals surface area contributed by atoms with Gasteiger partial charge in [-0.3, -0.25) is 4.79 Å². The van der Waals surface area contributed by atoms with Crippen LogP contribution in [-0.2, 0) is 10.2 Å². The van der Waals surface area contributed by atoms with Crippen LogP contribution in [0.1, 0.15) is 25.4 Å². The average Bonchev–Trinajstić information content (AvgIpc) is 3.15. The van der Waals surface area contributed by atoms with Crippen LogP contribution in [0.2, 0.25) is 0 Å². The number of nitrogens with one attached hydrogen (secondary N) is 2. The Morgan fingerprint density at radius 3 is 2.88 bits per heavy atom. The van der Waals surface area contributed by atoms with E-state index in [0.29, 0.717) is 0 Å². The van der Waals surface area contributed by atoms with Gasteiger partial charge in [0, 0.05) is 18.5 Å². The van der Waals surface area contributed by atoms with Gasteiger partial charge in [-0.05, 0) is 55.2 Å². The predicted octanol–water partition coefficient (Wildman–Crippen LogP) is 4.12. The molecule has 5 heteroatoms. The van der Waals surface area contributed by atoms with Crippen LogP contribution in [0.4, 0.5) is 5.69 Å². The number of carbonyl (C=O) groups excluding carboxylic acids is 1. The second-order valence-electron chi connectivity index (χ2n) is 6.80. The van der Waals surface area contributed by atoms with Crippen LogP contribution in [0.25, 0.3) is 10.9 Å². The molecular weight excluding hydrogens is 316 g/mol. The molecule has 1 amide bonds. The molecule has 128 valence electrons. The van der Waals surface area contributed by atoms with E-state index < -0.39 is 5.41 Å². The second-order valence-corrected chi connectivity index (χ2v) is 6.80. The molecule has 25 heavy (non-hydrogen) atoms. The van der Waals surface area contributed by atoms with Crippen molar-refractivity contribution >= 4 is 22.5 Å². The summed E-state index contributed by atoms with van der Waals surface area (Å²) in [7, 11) is 0. The summed E-state index contributed by atoms with van der Waals surface area (Å²) in [5, 5.41) is 4.22. The van der Waals surface area contributed by atoms with Gasteiger partial charge in [0.15, 0.2) is 11.5 Å². The van der Waals surface area contributed by atoms with Gasteiger partial charge in [-0.1, -0.05) is 12.1 Å². The highest BCUT2D eigenvalue weighted by Gasteiger charge is 2.51. The zero-order valence-corrected chi connectivity index (χ0v) is 13.9. The van der Waals surface area contributed by atoms with E-state index in [0.717, 1.165) is 52.1 Å². The normalized spacial score (nSPS) is 16.8. The predicted molar refractivity (Wildman–Crippen MR) is 97.3 cm³/mol. The first-order chi connectivity index (χ1) is 12.2. The quantitative estimate of drug-likeness (QED) is 0.756. The molecule has 0 bridgehead atoms. The molecule has 1 aliphatic heterocycles. The van der Waals surface area contributed by atoms with Crippen molar-refractivity contribution in [3.63, 3.8) is 0 Å². The fraction of sp³-hybridized carbons (Fsp3) is 0.250. The summed E-state index contributed by atoms with van der Waals surface area (Å²) in [4.78, 5) is 16.3. The Bertz CT molecular complexity index is 1010. The van der Waals surface area contributed by atoms with Crippen LogP contribution in [0.15, 0.2) is 42.6 Å². The Hall–Kier alpha value is -2.95. The number of benzene rings is 2. The zero-order valence-electron chi connectivity index (χ0n) is 13.9. The number of hydrogen-bond acceptors (Lipinski definition) is 3. The number of carbonyl (C=O) groups is 1. The van der Waals surface area contributed by atoms with Crippen molar-refractivity contribution in [1.29, 1.82) is 0 Å². The van der Waals surface area contributed by atoms with E-state index in [1.807, 2.05) is 49.5 Å². The third-order valence-electron chi connectivity index (χ3n) is 5.26. The van der Waals surface area contributed by atoms with Gasteiger partial charge < -0.3 is 19.8 Å². The number of fused-ring (bicyclic) bond motifs is 2. The molecule has 5 rings (SSSR count). The van der Waals surface area contributed by atoms with Crippen LogP contribution < -0.4 is 14.8 Å². The van der Waals surface area contributed by atoms with Crippen LogP contribution >= 0.6 is 0 Å². The summed E-state index contributed by atoms with van der Waals surface area (Å²) in [5.74, 6) is 1.51. The molecule has 0 radical (unpaired) electrons. The summed E-state index contributed by atoms with van der Waals surface area (Å²) in [5.41, 5.74) is 3.54.